The standard InChI is InChI=1S/C23H26N4O6S/c1-31-19-5-8-22(32-2)17(13-19)14-24-23(28)21-15-26(16-25-21)18-3-6-20(7-4-18)34(29,30)27-9-11-33-12-10-27/h3-8,13,15-16H,9-12,14H2,1-2H3,(H,24,28). The van der Waals surface area contributed by atoms with E-state index in [1.165, 1.54) is 10.6 Å². The van der Waals surface area contributed by atoms with Crippen LogP contribution in [0.2, 0.25) is 0 Å². The molecule has 0 spiro atoms. The molecule has 34 heavy (non-hydrogen) atoms. The number of nitrogens with zero attached hydrogens (tertiary/aromatic N) is 3. The van der Waals surface area contributed by atoms with E-state index in [9.17, 15) is 13.2 Å². The maximum Gasteiger partial charge on any atom is 0.271 e. The molecule has 3 aromatic rings. The molecule has 11 heteroatoms. The summed E-state index contributed by atoms with van der Waals surface area (Å²) in [5, 5.41) is 2.83. The van der Waals surface area contributed by atoms with Crippen LogP contribution in [-0.4, -0.2) is 68.7 Å². The molecule has 1 fully saturated rings. The van der Waals surface area contributed by atoms with Crippen molar-refractivity contribution in [3.8, 4) is 17.2 Å². The number of hydrogen-bond donors (Lipinski definition) is 1. The van der Waals surface area contributed by atoms with Crippen LogP contribution in [0.3, 0.4) is 0 Å². The Balaban J connectivity index is 1.43. The van der Waals surface area contributed by atoms with E-state index in [0.717, 1.165) is 5.56 Å². The van der Waals surface area contributed by atoms with Gasteiger partial charge in [-0.05, 0) is 42.5 Å². The smallest absolute Gasteiger partial charge is 0.271 e. The summed E-state index contributed by atoms with van der Waals surface area (Å²) in [4.78, 5) is 17.0. The number of hydrogen-bond acceptors (Lipinski definition) is 7. The molecule has 0 atom stereocenters. The zero-order chi connectivity index (χ0) is 24.1. The molecule has 0 unspecified atom stereocenters. The highest BCUT2D eigenvalue weighted by molar-refractivity contribution is 7.89. The van der Waals surface area contributed by atoms with E-state index in [4.69, 9.17) is 14.2 Å². The van der Waals surface area contributed by atoms with E-state index in [-0.39, 0.29) is 23.0 Å². The van der Waals surface area contributed by atoms with Gasteiger partial charge in [0.2, 0.25) is 10.0 Å². The Labute approximate surface area is 198 Å². The Morgan fingerprint density at radius 1 is 1.09 bits per heavy atom. The van der Waals surface area contributed by atoms with Crippen molar-refractivity contribution in [3.63, 3.8) is 0 Å². The molecule has 1 aliphatic heterocycles. The lowest BCUT2D eigenvalue weighted by Crippen LogP contribution is -2.40. The molecule has 0 saturated carbocycles. The molecular formula is C23H26N4O6S. The van der Waals surface area contributed by atoms with E-state index >= 15 is 0 Å². The number of imidazole rings is 1. The first-order valence-electron chi connectivity index (χ1n) is 10.6. The lowest BCUT2D eigenvalue weighted by Gasteiger charge is -2.26. The second-order valence-corrected chi connectivity index (χ2v) is 9.47. The summed E-state index contributed by atoms with van der Waals surface area (Å²) < 4.78 is 44.5. The average Bonchev–Trinajstić information content (AvgIpc) is 3.38. The first kappa shape index (κ1) is 23.7. The number of morpholine rings is 1. The summed E-state index contributed by atoms with van der Waals surface area (Å²) in [6.07, 6.45) is 3.09. The Morgan fingerprint density at radius 3 is 2.50 bits per heavy atom. The van der Waals surface area contributed by atoms with E-state index in [0.29, 0.717) is 43.5 Å². The highest BCUT2D eigenvalue weighted by atomic mass is 32.2. The highest BCUT2D eigenvalue weighted by Crippen LogP contribution is 2.24. The molecule has 1 amide bonds. The van der Waals surface area contributed by atoms with Crippen LogP contribution in [0.4, 0.5) is 0 Å². The average molecular weight is 487 g/mol. The fourth-order valence-corrected chi connectivity index (χ4v) is 5.00. The summed E-state index contributed by atoms with van der Waals surface area (Å²) in [6, 6.07) is 11.8. The lowest BCUT2D eigenvalue weighted by atomic mass is 10.2. The molecule has 1 saturated heterocycles. The van der Waals surface area contributed by atoms with Crippen molar-refractivity contribution in [2.75, 3.05) is 40.5 Å². The summed E-state index contributed by atoms with van der Waals surface area (Å²) in [5.74, 6) is 0.947. The maximum atomic E-state index is 12.8. The molecule has 2 aromatic carbocycles. The van der Waals surface area contributed by atoms with E-state index in [1.807, 2.05) is 0 Å². The third kappa shape index (κ3) is 5.06. The zero-order valence-corrected chi connectivity index (χ0v) is 19.7. The van der Waals surface area contributed by atoms with Crippen molar-refractivity contribution >= 4 is 15.9 Å². The normalized spacial score (nSPS) is 14.5. The molecule has 4 rings (SSSR count). The Morgan fingerprint density at radius 2 is 1.82 bits per heavy atom. The third-order valence-electron chi connectivity index (χ3n) is 5.48. The predicted octanol–water partition coefficient (Wildman–Crippen LogP) is 1.84. The second kappa shape index (κ2) is 10.2. The lowest BCUT2D eigenvalue weighted by molar-refractivity contribution is 0.0730. The largest absolute Gasteiger partial charge is 0.497 e. The van der Waals surface area contributed by atoms with Crippen LogP contribution in [-0.2, 0) is 21.3 Å². The van der Waals surface area contributed by atoms with Crippen LogP contribution in [0.1, 0.15) is 16.1 Å². The van der Waals surface area contributed by atoms with Gasteiger partial charge in [0.1, 0.15) is 23.5 Å². The highest BCUT2D eigenvalue weighted by Gasteiger charge is 2.26. The molecule has 10 nitrogen and oxygen atoms in total. The molecule has 0 bridgehead atoms. The van der Waals surface area contributed by atoms with Gasteiger partial charge in [-0.3, -0.25) is 4.79 Å². The van der Waals surface area contributed by atoms with Crippen LogP contribution in [0.15, 0.2) is 59.9 Å². The Bertz CT molecular complexity index is 1250. The van der Waals surface area contributed by atoms with Crippen molar-refractivity contribution in [2.45, 2.75) is 11.4 Å². The van der Waals surface area contributed by atoms with Gasteiger partial charge in [-0.15, -0.1) is 0 Å². The molecule has 0 radical (unpaired) electrons. The fraction of sp³-hybridized carbons (Fsp3) is 0.304. The van der Waals surface area contributed by atoms with Crippen molar-refractivity contribution in [1.82, 2.24) is 19.2 Å². The minimum atomic E-state index is -3.57. The molecular weight excluding hydrogens is 460 g/mol. The van der Waals surface area contributed by atoms with E-state index < -0.39 is 10.0 Å². The summed E-state index contributed by atoms with van der Waals surface area (Å²) in [5.41, 5.74) is 1.68. The number of methoxy groups -OCH3 is 2. The molecule has 1 aliphatic rings. The minimum Gasteiger partial charge on any atom is -0.497 e. The number of carbonyl (C=O) groups excluding carboxylic acids is 1. The van der Waals surface area contributed by atoms with Gasteiger partial charge in [-0.2, -0.15) is 4.31 Å². The van der Waals surface area contributed by atoms with Gasteiger partial charge in [-0.1, -0.05) is 0 Å². The fourth-order valence-electron chi connectivity index (χ4n) is 3.59. The number of amides is 1. The van der Waals surface area contributed by atoms with E-state index in [1.54, 1.807) is 67.4 Å². The second-order valence-electron chi connectivity index (χ2n) is 7.54. The minimum absolute atomic E-state index is 0.212. The van der Waals surface area contributed by atoms with Crippen LogP contribution < -0.4 is 14.8 Å². The quantitative estimate of drug-likeness (QED) is 0.517. The van der Waals surface area contributed by atoms with Gasteiger partial charge >= 0.3 is 0 Å². The molecule has 2 heterocycles. The van der Waals surface area contributed by atoms with Crippen LogP contribution >= 0.6 is 0 Å². The van der Waals surface area contributed by atoms with Gasteiger partial charge in [-0.25, -0.2) is 13.4 Å². The van der Waals surface area contributed by atoms with Crippen molar-refractivity contribution in [1.29, 1.82) is 0 Å². The van der Waals surface area contributed by atoms with Gasteiger partial charge in [0.15, 0.2) is 0 Å². The zero-order valence-electron chi connectivity index (χ0n) is 18.9. The van der Waals surface area contributed by atoms with Crippen LogP contribution in [0.25, 0.3) is 5.69 Å². The number of carbonyl (C=O) groups is 1. The van der Waals surface area contributed by atoms with Gasteiger partial charge in [0.05, 0.1) is 32.3 Å². The predicted molar refractivity (Wildman–Crippen MR) is 124 cm³/mol. The first-order chi connectivity index (χ1) is 16.4. The number of aromatic nitrogens is 2. The van der Waals surface area contributed by atoms with Crippen molar-refractivity contribution in [3.05, 3.63) is 66.2 Å². The van der Waals surface area contributed by atoms with Crippen molar-refractivity contribution in [2.24, 2.45) is 0 Å². The summed E-state index contributed by atoms with van der Waals surface area (Å²) in [6.45, 7) is 1.70. The third-order valence-corrected chi connectivity index (χ3v) is 7.40. The summed E-state index contributed by atoms with van der Waals surface area (Å²) in [7, 11) is -0.436. The van der Waals surface area contributed by atoms with Gasteiger partial charge in [0, 0.05) is 37.1 Å². The number of benzene rings is 2. The van der Waals surface area contributed by atoms with Gasteiger partial charge < -0.3 is 24.1 Å². The van der Waals surface area contributed by atoms with Crippen molar-refractivity contribution < 1.29 is 27.4 Å². The molecule has 180 valence electrons. The molecule has 1 N–H and O–H groups in total. The number of rotatable bonds is 8. The molecule has 0 aliphatic carbocycles. The SMILES string of the molecule is COc1ccc(OC)c(CNC(=O)c2cn(-c3ccc(S(=O)(=O)N4CCOCC4)cc3)cn2)c1. The number of nitrogens with one attached hydrogen (secondary N) is 1. The Kier molecular flexibility index (Phi) is 7.15. The topological polar surface area (TPSA) is 112 Å². The van der Waals surface area contributed by atoms with Crippen LogP contribution in [0.5, 0.6) is 11.5 Å². The number of ether oxygens (including phenoxy) is 3. The Hall–Kier alpha value is -3.41. The monoisotopic (exact) mass is 486 g/mol. The maximum absolute atomic E-state index is 12.8. The number of sulfonamides is 1. The summed E-state index contributed by atoms with van der Waals surface area (Å²) >= 11 is 0. The van der Waals surface area contributed by atoms with Crippen LogP contribution in [0, 0.1) is 0 Å². The van der Waals surface area contributed by atoms with Gasteiger partial charge in [0.25, 0.3) is 5.91 Å². The molecule has 1 aromatic heterocycles. The van der Waals surface area contributed by atoms with E-state index in [2.05, 4.69) is 10.3 Å². The first-order valence-corrected chi connectivity index (χ1v) is 12.1.